The third-order valence-corrected chi connectivity index (χ3v) is 3.01. The van der Waals surface area contributed by atoms with E-state index in [-0.39, 0.29) is 19.1 Å². The second kappa shape index (κ2) is 7.39. The van der Waals surface area contributed by atoms with E-state index in [9.17, 15) is 4.79 Å². The number of carbonyl (C=O) groups excluding carboxylic acids is 1. The lowest BCUT2D eigenvalue weighted by Gasteiger charge is -2.30. The van der Waals surface area contributed by atoms with Crippen LogP contribution in [0.1, 0.15) is 22.3 Å². The molecule has 1 aromatic heterocycles. The lowest BCUT2D eigenvalue weighted by atomic mass is 10.1. The largest absolute Gasteiger partial charge is 0.395 e. The zero-order chi connectivity index (χ0) is 15.1. The molecule has 6 heteroatoms. The number of amides is 1. The van der Waals surface area contributed by atoms with Gasteiger partial charge in [0.1, 0.15) is 0 Å². The van der Waals surface area contributed by atoms with Crippen molar-refractivity contribution < 1.29 is 14.6 Å². The Morgan fingerprint density at radius 1 is 1.62 bits per heavy atom. The fraction of sp³-hybridized carbons (Fsp3) is 0.400. The van der Waals surface area contributed by atoms with Crippen LogP contribution >= 0.6 is 0 Å². The summed E-state index contributed by atoms with van der Waals surface area (Å²) in [5, 5.41) is 17.6. The van der Waals surface area contributed by atoms with Crippen molar-refractivity contribution in [1.29, 1.82) is 5.26 Å². The third-order valence-electron chi connectivity index (χ3n) is 3.01. The van der Waals surface area contributed by atoms with Gasteiger partial charge in [0.15, 0.2) is 6.10 Å². The van der Waals surface area contributed by atoms with Gasteiger partial charge in [-0.05, 0) is 6.07 Å². The Balaban J connectivity index is 2.20. The maximum absolute atomic E-state index is 12.5. The van der Waals surface area contributed by atoms with Crippen molar-refractivity contribution in [2.75, 3.05) is 26.3 Å². The van der Waals surface area contributed by atoms with Gasteiger partial charge in [-0.15, -0.1) is 0 Å². The number of pyridine rings is 1. The van der Waals surface area contributed by atoms with Crippen LogP contribution in [0.25, 0.3) is 0 Å². The first-order chi connectivity index (χ1) is 10.3. The fourth-order valence-electron chi connectivity index (χ4n) is 1.98. The molecule has 0 spiro atoms. The summed E-state index contributed by atoms with van der Waals surface area (Å²) in [6, 6.07) is 3.63. The van der Waals surface area contributed by atoms with Crippen LogP contribution in [0.5, 0.6) is 0 Å². The molecule has 0 saturated carbocycles. The molecule has 21 heavy (non-hydrogen) atoms. The number of hydrogen-bond acceptors (Lipinski definition) is 5. The quantitative estimate of drug-likeness (QED) is 0.783. The van der Waals surface area contributed by atoms with Gasteiger partial charge >= 0.3 is 0 Å². The predicted molar refractivity (Wildman–Crippen MR) is 74.1 cm³/mol. The average Bonchev–Trinajstić information content (AvgIpc) is 2.55. The normalized spacial score (nSPS) is 17.5. The van der Waals surface area contributed by atoms with Crippen molar-refractivity contribution >= 4 is 5.91 Å². The lowest BCUT2D eigenvalue weighted by Crippen LogP contribution is -2.45. The second-order valence-corrected chi connectivity index (χ2v) is 4.44. The monoisotopic (exact) mass is 285 g/mol. The standard InChI is InChI=1S/C15H15N3O3/c16-9-13-11-18(6-8-21-13)15(20)14-4-5-17-10-12(14)3-1-2-7-19/h4-5,10,13,19H,2,6-8,11H2. The van der Waals surface area contributed by atoms with Gasteiger partial charge in [0, 0.05) is 25.4 Å². The van der Waals surface area contributed by atoms with Crippen molar-refractivity contribution in [3.63, 3.8) is 0 Å². The molecule has 2 rings (SSSR count). The van der Waals surface area contributed by atoms with E-state index in [0.29, 0.717) is 30.7 Å². The van der Waals surface area contributed by atoms with Gasteiger partial charge in [0.25, 0.3) is 5.91 Å². The molecule has 2 heterocycles. The summed E-state index contributed by atoms with van der Waals surface area (Å²) in [6.07, 6.45) is 2.82. The summed E-state index contributed by atoms with van der Waals surface area (Å²) in [5.74, 6) is 5.44. The molecule has 6 nitrogen and oxygen atoms in total. The fourth-order valence-corrected chi connectivity index (χ4v) is 1.98. The Hall–Kier alpha value is -2.41. The molecule has 1 atom stereocenters. The molecule has 1 aliphatic rings. The average molecular weight is 285 g/mol. The highest BCUT2D eigenvalue weighted by molar-refractivity contribution is 5.96. The number of aliphatic hydroxyl groups excluding tert-OH is 1. The molecule has 0 aliphatic carbocycles. The maximum Gasteiger partial charge on any atom is 0.255 e. The molecule has 0 aromatic carbocycles. The Morgan fingerprint density at radius 3 is 3.24 bits per heavy atom. The van der Waals surface area contributed by atoms with E-state index in [4.69, 9.17) is 15.1 Å². The van der Waals surface area contributed by atoms with Crippen LogP contribution in [0.3, 0.4) is 0 Å². The highest BCUT2D eigenvalue weighted by Gasteiger charge is 2.25. The number of hydrogen-bond donors (Lipinski definition) is 1. The van der Waals surface area contributed by atoms with E-state index in [2.05, 4.69) is 16.8 Å². The molecule has 0 bridgehead atoms. The summed E-state index contributed by atoms with van der Waals surface area (Å²) in [7, 11) is 0. The van der Waals surface area contributed by atoms with E-state index in [0.717, 1.165) is 0 Å². The van der Waals surface area contributed by atoms with E-state index in [1.807, 2.05) is 6.07 Å². The number of morpholine rings is 1. The van der Waals surface area contributed by atoms with Crippen LogP contribution < -0.4 is 0 Å². The molecule has 1 aromatic rings. The van der Waals surface area contributed by atoms with Crippen LogP contribution in [0, 0.1) is 23.2 Å². The van der Waals surface area contributed by atoms with Crippen molar-refractivity contribution in [2.24, 2.45) is 0 Å². The highest BCUT2D eigenvalue weighted by Crippen LogP contribution is 2.13. The number of rotatable bonds is 2. The Bertz CT molecular complexity index is 613. The molecule has 108 valence electrons. The van der Waals surface area contributed by atoms with E-state index >= 15 is 0 Å². The summed E-state index contributed by atoms with van der Waals surface area (Å²) >= 11 is 0. The maximum atomic E-state index is 12.5. The topological polar surface area (TPSA) is 86.5 Å². The van der Waals surface area contributed by atoms with Gasteiger partial charge in [-0.25, -0.2) is 0 Å². The van der Waals surface area contributed by atoms with Gasteiger partial charge in [-0.2, -0.15) is 5.26 Å². The Morgan fingerprint density at radius 2 is 2.48 bits per heavy atom. The van der Waals surface area contributed by atoms with Crippen LogP contribution in [0.15, 0.2) is 18.5 Å². The molecule has 1 N–H and O–H groups in total. The first-order valence-electron chi connectivity index (χ1n) is 6.60. The van der Waals surface area contributed by atoms with Crippen molar-refractivity contribution in [2.45, 2.75) is 12.5 Å². The first kappa shape index (κ1) is 15.0. The number of nitrogens with zero attached hydrogens (tertiary/aromatic N) is 3. The van der Waals surface area contributed by atoms with E-state index in [1.54, 1.807) is 11.0 Å². The van der Waals surface area contributed by atoms with E-state index < -0.39 is 6.10 Å². The Labute approximate surface area is 123 Å². The van der Waals surface area contributed by atoms with Gasteiger partial charge in [-0.3, -0.25) is 9.78 Å². The predicted octanol–water partition coefficient (Wildman–Crippen LogP) is 0.180. The SMILES string of the molecule is N#CC1CN(C(=O)c2ccncc2C#CCCO)CCO1. The number of aliphatic hydroxyl groups is 1. The van der Waals surface area contributed by atoms with Crippen LogP contribution in [-0.2, 0) is 4.74 Å². The minimum absolute atomic E-state index is 0.0240. The lowest BCUT2D eigenvalue weighted by molar-refractivity contribution is 0.00345. The van der Waals surface area contributed by atoms with Gasteiger partial charge in [-0.1, -0.05) is 11.8 Å². The number of aromatic nitrogens is 1. The van der Waals surface area contributed by atoms with Gasteiger partial charge in [0.05, 0.1) is 37.0 Å². The number of nitriles is 1. The van der Waals surface area contributed by atoms with Crippen molar-refractivity contribution in [1.82, 2.24) is 9.88 Å². The van der Waals surface area contributed by atoms with Gasteiger partial charge < -0.3 is 14.7 Å². The molecule has 1 fully saturated rings. The molecule has 1 saturated heterocycles. The highest BCUT2D eigenvalue weighted by atomic mass is 16.5. The third kappa shape index (κ3) is 3.79. The molecule has 0 radical (unpaired) electrons. The summed E-state index contributed by atoms with van der Waals surface area (Å²) in [6.45, 7) is 1.02. The molecule has 1 aliphatic heterocycles. The minimum atomic E-state index is -0.589. The Kier molecular flexibility index (Phi) is 5.28. The second-order valence-electron chi connectivity index (χ2n) is 4.44. The molecular weight excluding hydrogens is 270 g/mol. The molecular formula is C15H15N3O3. The number of ether oxygens (including phenoxy) is 1. The number of carbonyl (C=O) groups is 1. The van der Waals surface area contributed by atoms with Gasteiger partial charge in [0.2, 0.25) is 0 Å². The van der Waals surface area contributed by atoms with Crippen molar-refractivity contribution in [3.8, 4) is 17.9 Å². The summed E-state index contributed by atoms with van der Waals surface area (Å²) < 4.78 is 5.23. The zero-order valence-electron chi connectivity index (χ0n) is 11.5. The van der Waals surface area contributed by atoms with E-state index in [1.165, 1.54) is 12.4 Å². The van der Waals surface area contributed by atoms with Crippen LogP contribution in [-0.4, -0.2) is 53.3 Å². The minimum Gasteiger partial charge on any atom is -0.395 e. The smallest absolute Gasteiger partial charge is 0.255 e. The van der Waals surface area contributed by atoms with Crippen LogP contribution in [0.4, 0.5) is 0 Å². The van der Waals surface area contributed by atoms with Crippen LogP contribution in [0.2, 0.25) is 0 Å². The van der Waals surface area contributed by atoms with Crippen molar-refractivity contribution in [3.05, 3.63) is 29.6 Å². The molecule has 1 amide bonds. The molecule has 1 unspecified atom stereocenters. The first-order valence-corrected chi connectivity index (χ1v) is 6.60. The zero-order valence-corrected chi connectivity index (χ0v) is 11.5. The summed E-state index contributed by atoms with van der Waals surface area (Å²) in [4.78, 5) is 18.1. The summed E-state index contributed by atoms with van der Waals surface area (Å²) in [5.41, 5.74) is 0.977.